The number of amides is 2. The number of esters is 1. The van der Waals surface area contributed by atoms with Gasteiger partial charge in [-0.3, -0.25) is 0 Å². The normalized spacial score (nSPS) is 18.1. The van der Waals surface area contributed by atoms with Gasteiger partial charge in [0.1, 0.15) is 5.75 Å². The number of carbonyl (C=O) groups is 2. The third kappa shape index (κ3) is 2.90. The Bertz CT molecular complexity index is 607. The Morgan fingerprint density at radius 2 is 1.95 bits per heavy atom. The summed E-state index contributed by atoms with van der Waals surface area (Å²) < 4.78 is 10.3. The number of ether oxygens (including phenoxy) is 2. The van der Waals surface area contributed by atoms with Crippen molar-refractivity contribution in [3.63, 3.8) is 0 Å². The molecular weight excluding hydrogens is 284 g/mol. The number of allylic oxidation sites excluding steroid dienone is 1. The molecule has 0 saturated heterocycles. The van der Waals surface area contributed by atoms with Crippen LogP contribution in [0.2, 0.25) is 0 Å². The Morgan fingerprint density at radius 3 is 2.50 bits per heavy atom. The monoisotopic (exact) mass is 304 g/mol. The van der Waals surface area contributed by atoms with Gasteiger partial charge in [0.2, 0.25) is 0 Å². The van der Waals surface area contributed by atoms with Gasteiger partial charge in [0.05, 0.1) is 25.3 Å². The highest BCUT2D eigenvalue weighted by molar-refractivity contribution is 5.94. The van der Waals surface area contributed by atoms with Gasteiger partial charge >= 0.3 is 12.0 Å². The third-order valence-electron chi connectivity index (χ3n) is 3.68. The van der Waals surface area contributed by atoms with E-state index in [1.54, 1.807) is 14.0 Å². The van der Waals surface area contributed by atoms with Gasteiger partial charge in [0.25, 0.3) is 0 Å². The first-order valence-corrected chi connectivity index (χ1v) is 7.05. The molecule has 1 aromatic rings. The lowest BCUT2D eigenvalue weighted by molar-refractivity contribution is -0.136. The molecule has 0 aliphatic carbocycles. The fraction of sp³-hybridized carbons (Fsp3) is 0.375. The number of carbonyl (C=O) groups excluding carboxylic acids is 2. The summed E-state index contributed by atoms with van der Waals surface area (Å²) in [5.41, 5.74) is 1.80. The van der Waals surface area contributed by atoms with E-state index in [0.29, 0.717) is 17.9 Å². The van der Waals surface area contributed by atoms with Crippen molar-refractivity contribution in [2.24, 2.45) is 0 Å². The second kappa shape index (κ2) is 6.51. The largest absolute Gasteiger partial charge is 0.494 e. The summed E-state index contributed by atoms with van der Waals surface area (Å²) in [5, 5.41) is 2.82. The van der Waals surface area contributed by atoms with Gasteiger partial charge < -0.3 is 19.7 Å². The van der Waals surface area contributed by atoms with Crippen LogP contribution in [-0.2, 0) is 9.53 Å². The van der Waals surface area contributed by atoms with Crippen molar-refractivity contribution in [2.45, 2.75) is 19.9 Å². The highest BCUT2D eigenvalue weighted by Crippen LogP contribution is 2.31. The maximum Gasteiger partial charge on any atom is 0.337 e. The molecule has 118 valence electrons. The highest BCUT2D eigenvalue weighted by Gasteiger charge is 2.34. The zero-order chi connectivity index (χ0) is 16.3. The van der Waals surface area contributed by atoms with Crippen LogP contribution in [0.25, 0.3) is 0 Å². The molecule has 2 rings (SSSR count). The van der Waals surface area contributed by atoms with Crippen molar-refractivity contribution in [2.75, 3.05) is 20.8 Å². The minimum Gasteiger partial charge on any atom is -0.494 e. The molecule has 1 aliphatic heterocycles. The summed E-state index contributed by atoms with van der Waals surface area (Å²) in [6.45, 7) is 4.22. The highest BCUT2D eigenvalue weighted by atomic mass is 16.5. The molecule has 0 bridgehead atoms. The summed E-state index contributed by atoms with van der Waals surface area (Å²) in [6.07, 6.45) is 0. The first-order chi connectivity index (χ1) is 10.5. The van der Waals surface area contributed by atoms with Crippen LogP contribution >= 0.6 is 0 Å². The molecule has 1 heterocycles. The molecule has 1 N–H and O–H groups in total. The number of benzene rings is 1. The van der Waals surface area contributed by atoms with Gasteiger partial charge in [-0.1, -0.05) is 12.1 Å². The van der Waals surface area contributed by atoms with Crippen LogP contribution in [0.3, 0.4) is 0 Å². The Labute approximate surface area is 129 Å². The molecule has 0 fully saturated rings. The van der Waals surface area contributed by atoms with E-state index in [2.05, 4.69) is 5.32 Å². The van der Waals surface area contributed by atoms with E-state index < -0.39 is 12.0 Å². The van der Waals surface area contributed by atoms with Crippen molar-refractivity contribution in [3.8, 4) is 5.75 Å². The molecule has 0 saturated carbocycles. The molecule has 1 aliphatic rings. The molecule has 2 amide bonds. The van der Waals surface area contributed by atoms with Crippen molar-refractivity contribution in [1.29, 1.82) is 0 Å². The average molecular weight is 304 g/mol. The Morgan fingerprint density at radius 1 is 1.32 bits per heavy atom. The molecular formula is C16H20N2O4. The number of methoxy groups -OCH3 is 1. The number of urea groups is 1. The first kappa shape index (κ1) is 15.9. The summed E-state index contributed by atoms with van der Waals surface area (Å²) >= 11 is 0. The van der Waals surface area contributed by atoms with E-state index in [1.807, 2.05) is 31.2 Å². The lowest BCUT2D eigenvalue weighted by Crippen LogP contribution is -2.46. The van der Waals surface area contributed by atoms with Gasteiger partial charge in [-0.15, -0.1) is 0 Å². The van der Waals surface area contributed by atoms with Crippen molar-refractivity contribution >= 4 is 12.0 Å². The molecule has 22 heavy (non-hydrogen) atoms. The standard InChI is InChI=1S/C16H20N2O4/c1-5-22-12-8-6-11(7-9-12)14-13(15(19)21-4)10(2)18(3)16(20)17-14/h6-9,14H,5H2,1-4H3,(H,17,20)/t14-/m1/s1. The summed E-state index contributed by atoms with van der Waals surface area (Å²) in [6, 6.07) is 6.49. The SMILES string of the molecule is CCOc1ccc([C@H]2NC(=O)N(C)C(C)=C2C(=O)OC)cc1. The van der Waals surface area contributed by atoms with E-state index in [-0.39, 0.29) is 6.03 Å². The summed E-state index contributed by atoms with van der Waals surface area (Å²) in [5.74, 6) is 0.286. The van der Waals surface area contributed by atoms with Crippen LogP contribution in [0.15, 0.2) is 35.5 Å². The molecule has 0 radical (unpaired) electrons. The number of nitrogens with one attached hydrogen (secondary N) is 1. The molecule has 0 aromatic heterocycles. The predicted octanol–water partition coefficient (Wildman–Crippen LogP) is 2.23. The smallest absolute Gasteiger partial charge is 0.337 e. The van der Waals surface area contributed by atoms with Gasteiger partial charge in [0.15, 0.2) is 0 Å². The third-order valence-corrected chi connectivity index (χ3v) is 3.68. The molecule has 1 aromatic carbocycles. The molecule has 1 atom stereocenters. The topological polar surface area (TPSA) is 67.9 Å². The van der Waals surface area contributed by atoms with Gasteiger partial charge in [-0.25, -0.2) is 9.59 Å². The van der Waals surface area contributed by atoms with Crippen LogP contribution in [0.4, 0.5) is 4.79 Å². The molecule has 0 unspecified atom stereocenters. The second-order valence-electron chi connectivity index (χ2n) is 4.93. The van der Waals surface area contributed by atoms with E-state index >= 15 is 0 Å². The van der Waals surface area contributed by atoms with Crippen LogP contribution in [0.1, 0.15) is 25.5 Å². The molecule has 0 spiro atoms. The number of nitrogens with zero attached hydrogens (tertiary/aromatic N) is 1. The number of hydrogen-bond acceptors (Lipinski definition) is 4. The van der Waals surface area contributed by atoms with Crippen LogP contribution < -0.4 is 10.1 Å². The van der Waals surface area contributed by atoms with Crippen molar-refractivity contribution in [1.82, 2.24) is 10.2 Å². The Balaban J connectivity index is 2.42. The van der Waals surface area contributed by atoms with Crippen LogP contribution in [-0.4, -0.2) is 37.7 Å². The minimum absolute atomic E-state index is 0.260. The van der Waals surface area contributed by atoms with Crippen LogP contribution in [0, 0.1) is 0 Å². The quantitative estimate of drug-likeness (QED) is 0.866. The Kier molecular flexibility index (Phi) is 4.70. The zero-order valence-electron chi connectivity index (χ0n) is 13.2. The fourth-order valence-corrected chi connectivity index (χ4v) is 2.38. The maximum atomic E-state index is 12.1. The number of rotatable bonds is 4. The second-order valence-corrected chi connectivity index (χ2v) is 4.93. The zero-order valence-corrected chi connectivity index (χ0v) is 13.2. The maximum absolute atomic E-state index is 12.1. The molecule has 6 heteroatoms. The van der Waals surface area contributed by atoms with Gasteiger partial charge in [-0.05, 0) is 31.5 Å². The molecule has 6 nitrogen and oxygen atoms in total. The van der Waals surface area contributed by atoms with Crippen molar-refractivity contribution < 1.29 is 19.1 Å². The lowest BCUT2D eigenvalue weighted by Gasteiger charge is -2.33. The fourth-order valence-electron chi connectivity index (χ4n) is 2.38. The first-order valence-electron chi connectivity index (χ1n) is 7.05. The summed E-state index contributed by atoms with van der Waals surface area (Å²) in [7, 11) is 2.94. The average Bonchev–Trinajstić information content (AvgIpc) is 2.52. The van der Waals surface area contributed by atoms with Crippen molar-refractivity contribution in [3.05, 3.63) is 41.1 Å². The van der Waals surface area contributed by atoms with E-state index in [9.17, 15) is 9.59 Å². The van der Waals surface area contributed by atoms with Gasteiger partial charge in [0, 0.05) is 12.7 Å². The minimum atomic E-state index is -0.535. The van der Waals surface area contributed by atoms with E-state index in [1.165, 1.54) is 12.0 Å². The Hall–Kier alpha value is -2.50. The summed E-state index contributed by atoms with van der Waals surface area (Å²) in [4.78, 5) is 25.5. The van der Waals surface area contributed by atoms with Gasteiger partial charge in [-0.2, -0.15) is 0 Å². The predicted molar refractivity (Wildman–Crippen MR) is 81.4 cm³/mol. The van der Waals surface area contributed by atoms with Crippen LogP contribution in [0.5, 0.6) is 5.75 Å². The lowest BCUT2D eigenvalue weighted by atomic mass is 9.95. The van der Waals surface area contributed by atoms with E-state index in [4.69, 9.17) is 9.47 Å². The van der Waals surface area contributed by atoms with E-state index in [0.717, 1.165) is 11.3 Å². The number of hydrogen-bond donors (Lipinski definition) is 1.